The Morgan fingerprint density at radius 1 is 0.891 bits per heavy atom. The number of allylic oxidation sites excluding steroid dienone is 3. The molecule has 0 saturated carbocycles. The number of aliphatic imine (C=N–C) groups is 2. The number of carbonyl (C=O) groups is 4. The summed E-state index contributed by atoms with van der Waals surface area (Å²) in [6.07, 6.45) is 13.3. The lowest BCUT2D eigenvalue weighted by Crippen LogP contribution is -2.41. The molecule has 0 saturated heterocycles. The average Bonchev–Trinajstić information content (AvgIpc) is 3.93. The summed E-state index contributed by atoms with van der Waals surface area (Å²) in [6.45, 7) is 13.2. The minimum atomic E-state index is -0.809. The van der Waals surface area contributed by atoms with E-state index in [0.29, 0.717) is 60.3 Å². The number of ether oxygens (including phenoxy) is 3. The SMILES string of the molecule is CCC1=C(C)C2=NC1=Cc1c(C)c(C(=O)OC)c3n1Cn1c(c(C)c(/C=C/c4ccc(C)cc4)c1=C2)=CC1=NC(=C3CC(=O)OC)[C@@H](CCC(=O)N[C@@H](CCCCN)C(=O)OC)[C@@H]1C. The largest absolute Gasteiger partial charge is 0.469 e. The molecule has 13 heteroatoms. The molecule has 6 bridgehead atoms. The fraction of sp³-hybridized carbons (Fsp3) is 0.412. The van der Waals surface area contributed by atoms with Gasteiger partial charge >= 0.3 is 17.9 Å². The van der Waals surface area contributed by atoms with Crippen molar-refractivity contribution in [3.8, 4) is 0 Å². The van der Waals surface area contributed by atoms with Gasteiger partial charge in [0.05, 0.1) is 61.5 Å². The summed E-state index contributed by atoms with van der Waals surface area (Å²) in [5.74, 6) is -2.49. The lowest BCUT2D eigenvalue weighted by molar-refractivity contribution is -0.145. The maximum Gasteiger partial charge on any atom is 0.340 e. The summed E-state index contributed by atoms with van der Waals surface area (Å²) in [4.78, 5) is 65.0. The van der Waals surface area contributed by atoms with Crippen molar-refractivity contribution in [2.75, 3.05) is 27.9 Å². The number of fused-ring (bicyclic) bond motifs is 2. The average molecular weight is 869 g/mol. The number of aryl methyl sites for hydroxylation is 1. The number of nitrogens with two attached hydrogens (primary N) is 1. The van der Waals surface area contributed by atoms with Gasteiger partial charge in [0.15, 0.2) is 0 Å². The molecule has 336 valence electrons. The van der Waals surface area contributed by atoms with Crippen molar-refractivity contribution in [3.05, 3.63) is 102 Å². The van der Waals surface area contributed by atoms with Gasteiger partial charge in [0.2, 0.25) is 5.91 Å². The molecular weight excluding hydrogens is 809 g/mol. The number of benzene rings is 1. The van der Waals surface area contributed by atoms with Crippen LogP contribution in [-0.4, -0.2) is 78.3 Å². The van der Waals surface area contributed by atoms with Gasteiger partial charge in [-0.2, -0.15) is 0 Å². The van der Waals surface area contributed by atoms with Gasteiger partial charge in [0.1, 0.15) is 12.7 Å². The zero-order valence-electron chi connectivity index (χ0n) is 38.5. The Morgan fingerprint density at radius 2 is 1.64 bits per heavy atom. The third-order valence-corrected chi connectivity index (χ3v) is 13.2. The van der Waals surface area contributed by atoms with Gasteiger partial charge in [-0.1, -0.05) is 55.8 Å². The van der Waals surface area contributed by atoms with Gasteiger partial charge in [-0.3, -0.25) is 14.6 Å². The number of unbranched alkanes of at least 4 members (excludes halogenated alkanes) is 1. The van der Waals surface area contributed by atoms with Crippen LogP contribution in [0.5, 0.6) is 0 Å². The fourth-order valence-electron chi connectivity index (χ4n) is 9.56. The third kappa shape index (κ3) is 8.65. The second-order valence-corrected chi connectivity index (χ2v) is 17.1. The van der Waals surface area contributed by atoms with Crippen LogP contribution in [0, 0.1) is 32.6 Å². The van der Waals surface area contributed by atoms with E-state index in [2.05, 4.69) is 97.6 Å². The third-order valence-electron chi connectivity index (χ3n) is 13.2. The molecule has 7 rings (SSSR count). The molecule has 1 amide bonds. The summed E-state index contributed by atoms with van der Waals surface area (Å²) in [6, 6.07) is 7.59. The number of carbonyl (C=O) groups excluding carboxylic acids is 4. The maximum absolute atomic E-state index is 14.3. The van der Waals surface area contributed by atoms with Gasteiger partial charge in [0, 0.05) is 46.1 Å². The Kier molecular flexibility index (Phi) is 13.7. The van der Waals surface area contributed by atoms with Crippen molar-refractivity contribution in [1.29, 1.82) is 0 Å². The van der Waals surface area contributed by atoms with Crippen LogP contribution in [0.3, 0.4) is 0 Å². The van der Waals surface area contributed by atoms with Crippen LogP contribution >= 0.6 is 0 Å². The van der Waals surface area contributed by atoms with E-state index >= 15 is 0 Å². The molecule has 0 radical (unpaired) electrons. The number of hydrogen-bond donors (Lipinski definition) is 2. The molecule has 3 atom stereocenters. The van der Waals surface area contributed by atoms with E-state index in [9.17, 15) is 19.2 Å². The van der Waals surface area contributed by atoms with Crippen LogP contribution < -0.4 is 21.7 Å². The molecule has 4 aliphatic rings. The predicted octanol–water partition coefficient (Wildman–Crippen LogP) is 6.34. The predicted molar refractivity (Wildman–Crippen MR) is 251 cm³/mol. The Labute approximate surface area is 374 Å². The molecule has 2 aromatic heterocycles. The Hall–Kier alpha value is -6.34. The van der Waals surface area contributed by atoms with Gasteiger partial charge in [-0.05, 0) is 112 Å². The van der Waals surface area contributed by atoms with Crippen LogP contribution in [0.25, 0.3) is 36.0 Å². The molecule has 0 spiro atoms. The molecule has 3 aromatic rings. The number of hydrogen-bond acceptors (Lipinski definition) is 10. The van der Waals surface area contributed by atoms with E-state index in [-0.39, 0.29) is 37.3 Å². The molecule has 4 aliphatic heterocycles. The fourth-order valence-corrected chi connectivity index (χ4v) is 9.56. The first-order valence-electron chi connectivity index (χ1n) is 22.2. The van der Waals surface area contributed by atoms with Crippen molar-refractivity contribution >= 4 is 71.2 Å². The van der Waals surface area contributed by atoms with Crippen molar-refractivity contribution in [1.82, 2.24) is 14.5 Å². The second kappa shape index (κ2) is 19.2. The molecule has 1 aromatic carbocycles. The van der Waals surface area contributed by atoms with Gasteiger partial charge < -0.3 is 34.4 Å². The normalized spacial score (nSPS) is 17.9. The van der Waals surface area contributed by atoms with Crippen LogP contribution in [0.1, 0.15) is 115 Å². The van der Waals surface area contributed by atoms with Gasteiger partial charge in [0.25, 0.3) is 0 Å². The van der Waals surface area contributed by atoms with Gasteiger partial charge in [-0.25, -0.2) is 14.6 Å². The van der Waals surface area contributed by atoms with Crippen molar-refractivity contribution in [2.24, 2.45) is 27.6 Å². The van der Waals surface area contributed by atoms with Crippen LogP contribution in [0.4, 0.5) is 0 Å². The summed E-state index contributed by atoms with van der Waals surface area (Å²) >= 11 is 0. The first kappa shape index (κ1) is 45.7. The highest BCUT2D eigenvalue weighted by atomic mass is 16.5. The zero-order valence-corrected chi connectivity index (χ0v) is 38.5. The van der Waals surface area contributed by atoms with Gasteiger partial charge in [-0.15, -0.1) is 0 Å². The first-order valence-corrected chi connectivity index (χ1v) is 22.2. The lowest BCUT2D eigenvalue weighted by Gasteiger charge is -2.22. The van der Waals surface area contributed by atoms with E-state index < -0.39 is 23.9 Å². The number of esters is 3. The zero-order chi connectivity index (χ0) is 46.0. The molecular formula is C51H60N6O7. The smallest absolute Gasteiger partial charge is 0.340 e. The van der Waals surface area contributed by atoms with Crippen molar-refractivity contribution < 1.29 is 33.4 Å². The molecule has 6 heterocycles. The minimum Gasteiger partial charge on any atom is -0.469 e. The highest BCUT2D eigenvalue weighted by Crippen LogP contribution is 2.44. The Morgan fingerprint density at radius 3 is 2.31 bits per heavy atom. The first-order chi connectivity index (χ1) is 30.7. The van der Waals surface area contributed by atoms with E-state index in [4.69, 9.17) is 29.9 Å². The number of aromatic nitrogens is 2. The second-order valence-electron chi connectivity index (χ2n) is 17.1. The van der Waals surface area contributed by atoms with E-state index in [1.807, 2.05) is 13.0 Å². The monoisotopic (exact) mass is 868 g/mol. The minimum absolute atomic E-state index is 0.0620. The lowest BCUT2D eigenvalue weighted by atomic mass is 9.83. The number of amides is 1. The van der Waals surface area contributed by atoms with E-state index in [1.165, 1.54) is 26.9 Å². The van der Waals surface area contributed by atoms with Crippen molar-refractivity contribution in [2.45, 2.75) is 99.2 Å². The Bertz CT molecular complexity index is 2740. The quantitative estimate of drug-likeness (QED) is 0.101. The molecule has 3 N–H and O–H groups in total. The van der Waals surface area contributed by atoms with Crippen LogP contribution in [0.2, 0.25) is 0 Å². The summed E-state index contributed by atoms with van der Waals surface area (Å²) < 4.78 is 20.3. The summed E-state index contributed by atoms with van der Waals surface area (Å²) in [5.41, 5.74) is 17.9. The van der Waals surface area contributed by atoms with E-state index in [0.717, 1.165) is 67.8 Å². The number of nitrogens with zero attached hydrogens (tertiary/aromatic N) is 4. The molecule has 64 heavy (non-hydrogen) atoms. The Balaban J connectivity index is 1.51. The number of methoxy groups -OCH3 is 3. The maximum atomic E-state index is 14.3. The molecule has 13 nitrogen and oxygen atoms in total. The highest BCUT2D eigenvalue weighted by molar-refractivity contribution is 6.23. The highest BCUT2D eigenvalue weighted by Gasteiger charge is 2.39. The molecule has 0 aliphatic carbocycles. The van der Waals surface area contributed by atoms with E-state index in [1.54, 1.807) is 0 Å². The molecule has 0 unspecified atom stereocenters. The number of rotatable bonds is 15. The number of nitrogens with one attached hydrogen (secondary N) is 1. The molecule has 0 fully saturated rings. The van der Waals surface area contributed by atoms with Crippen molar-refractivity contribution in [3.63, 3.8) is 0 Å². The topological polar surface area (TPSA) is 169 Å². The summed E-state index contributed by atoms with van der Waals surface area (Å²) in [5, 5.41) is 4.75. The summed E-state index contributed by atoms with van der Waals surface area (Å²) in [7, 11) is 4.00. The van der Waals surface area contributed by atoms with Crippen LogP contribution in [0.15, 0.2) is 56.8 Å². The standard InChI is InChI=1S/C51H60N6O7/c1-10-34-29(3)39-25-44-35(19-18-33-16-14-28(2)15-17-33)31(5)42-24-40-30(4)36(20-21-45(58)54-38(50(60)63-8)13-11-12-22-52)48(55-40)37(23-46(59)62-7)49-47(51(61)64-9)32(6)43(26-41(34)53-39)57(49)27-56(42)44/h14-19,24-26,30,36,38H,10-13,20-23,27,52H2,1-9H3,(H,54,58)/b19-18+,39-25?,40-24?,41-26?,42-24?,43-26?,44-25?,48-37?,49-37?/t30-,36-,38-/m0/s1. The van der Waals surface area contributed by atoms with Crippen LogP contribution in [-0.2, 0) is 35.3 Å².